The molecule has 2 heterocycles. The minimum Gasteiger partial charge on any atom is -0.369 e. The van der Waals surface area contributed by atoms with Crippen LogP contribution in [0.5, 0.6) is 0 Å². The van der Waals surface area contributed by atoms with Crippen molar-refractivity contribution in [2.75, 3.05) is 27.2 Å². The van der Waals surface area contributed by atoms with E-state index in [1.807, 2.05) is 27.7 Å². The predicted octanol–water partition coefficient (Wildman–Crippen LogP) is 6.22. The van der Waals surface area contributed by atoms with Gasteiger partial charge in [-0.25, -0.2) is 5.43 Å². The standard InChI is InChI=1S/C8H7Cl2NO.C5H4ClNOS2.C5H11N.C3H8N2O.2C2H6/c9-6-2-1-5(3-8(11)12)7(10)4-6;6-4-1-3(2-8)5(9-4)10-7;1-6-4-2-3-5-6;1-3(6)5-4-2;2*1-2/h1-2,4H,3H2,(H2,11,12);1-2H,7H2;2-5H2,1H3;4H,1-2H3,(H,5,6);2*1-2H3. The number of likely N-dealkylation sites (tertiary alicyclic amines) is 1. The third-order valence-electron chi connectivity index (χ3n) is 3.94. The maximum Gasteiger partial charge on any atom is 0.230 e. The van der Waals surface area contributed by atoms with Crippen LogP contribution in [0.3, 0.4) is 0 Å². The number of amides is 2. The Morgan fingerprint density at radius 1 is 1.11 bits per heavy atom. The number of thiophene rings is 1. The quantitative estimate of drug-likeness (QED) is 0.175. The molecule has 1 aliphatic heterocycles. The Morgan fingerprint density at radius 2 is 1.66 bits per heavy atom. The molecule has 6 N–H and O–H groups in total. The van der Waals surface area contributed by atoms with Crippen LogP contribution in [-0.4, -0.2) is 50.2 Å². The Labute approximate surface area is 251 Å². The maximum atomic E-state index is 10.5. The number of halogens is 3. The van der Waals surface area contributed by atoms with E-state index < -0.39 is 5.91 Å². The lowest BCUT2D eigenvalue weighted by Crippen LogP contribution is -2.31. The molecule has 0 spiro atoms. The molecule has 1 aliphatic rings. The molecule has 1 aromatic heterocycles. The normalized spacial score (nSPS) is 11.2. The minimum atomic E-state index is -0.403. The molecule has 8 nitrogen and oxygen atoms in total. The predicted molar refractivity (Wildman–Crippen MR) is 166 cm³/mol. The topological polar surface area (TPSA) is 131 Å². The molecule has 0 radical (unpaired) electrons. The van der Waals surface area contributed by atoms with Gasteiger partial charge < -0.3 is 10.6 Å². The summed E-state index contributed by atoms with van der Waals surface area (Å²) in [5.74, 6) is -0.475. The number of primary amides is 1. The Balaban J connectivity index is -0.000000426. The fraction of sp³-hybridized carbons (Fsp3) is 0.480. The van der Waals surface area contributed by atoms with Crippen molar-refractivity contribution in [1.82, 2.24) is 15.8 Å². The van der Waals surface area contributed by atoms with E-state index in [0.29, 0.717) is 25.5 Å². The lowest BCUT2D eigenvalue weighted by Gasteiger charge is -2.01. The smallest absolute Gasteiger partial charge is 0.230 e. The lowest BCUT2D eigenvalue weighted by atomic mass is 10.1. The molecule has 1 fully saturated rings. The van der Waals surface area contributed by atoms with Crippen LogP contribution in [0.2, 0.25) is 14.4 Å². The molecule has 13 heteroatoms. The summed E-state index contributed by atoms with van der Waals surface area (Å²) in [6.07, 6.45) is 3.72. The van der Waals surface area contributed by atoms with Gasteiger partial charge in [-0.3, -0.25) is 24.9 Å². The average Bonchev–Trinajstić information content (AvgIpc) is 3.52. The zero-order chi connectivity index (χ0) is 30.1. The zero-order valence-electron chi connectivity index (χ0n) is 23.2. The number of benzene rings is 1. The van der Waals surface area contributed by atoms with Gasteiger partial charge in [-0.15, -0.1) is 11.3 Å². The number of nitrogens with zero attached hydrogens (tertiary/aromatic N) is 1. The third-order valence-corrected chi connectivity index (χ3v) is 6.59. The van der Waals surface area contributed by atoms with Gasteiger partial charge in [0.25, 0.3) is 0 Å². The Morgan fingerprint density at radius 3 is 1.95 bits per heavy atom. The number of aldehydes is 1. The van der Waals surface area contributed by atoms with Gasteiger partial charge >= 0.3 is 0 Å². The summed E-state index contributed by atoms with van der Waals surface area (Å²) in [6.45, 7) is 12.1. The first-order chi connectivity index (χ1) is 18.0. The number of hydrogen-bond donors (Lipinski definition) is 4. The molecule has 1 saturated heterocycles. The molecule has 0 bridgehead atoms. The van der Waals surface area contributed by atoms with Crippen molar-refractivity contribution in [2.24, 2.45) is 10.9 Å². The van der Waals surface area contributed by atoms with Crippen molar-refractivity contribution < 1.29 is 14.4 Å². The summed E-state index contributed by atoms with van der Waals surface area (Å²) >= 11 is 19.4. The van der Waals surface area contributed by atoms with Crippen molar-refractivity contribution in [3.05, 3.63) is 49.8 Å². The molecular weight excluding hydrogens is 589 g/mol. The van der Waals surface area contributed by atoms with Crippen LogP contribution in [0.25, 0.3) is 0 Å². The van der Waals surface area contributed by atoms with E-state index in [1.54, 1.807) is 31.3 Å². The van der Waals surface area contributed by atoms with Crippen LogP contribution >= 0.6 is 58.1 Å². The van der Waals surface area contributed by atoms with Gasteiger partial charge in [-0.2, -0.15) is 0 Å². The van der Waals surface area contributed by atoms with E-state index in [-0.39, 0.29) is 12.3 Å². The highest BCUT2D eigenvalue weighted by atomic mass is 35.5. The van der Waals surface area contributed by atoms with E-state index in [4.69, 9.17) is 45.7 Å². The molecular formula is C25H42Cl3N5O3S2. The summed E-state index contributed by atoms with van der Waals surface area (Å²) in [4.78, 5) is 33.0. The van der Waals surface area contributed by atoms with Crippen molar-refractivity contribution in [2.45, 2.75) is 58.1 Å². The molecule has 0 unspecified atom stereocenters. The van der Waals surface area contributed by atoms with Crippen LogP contribution in [-0.2, 0) is 16.0 Å². The number of rotatable bonds is 5. The summed E-state index contributed by atoms with van der Waals surface area (Å²) in [6, 6.07) is 6.55. The largest absolute Gasteiger partial charge is 0.369 e. The van der Waals surface area contributed by atoms with Gasteiger partial charge in [0, 0.05) is 29.6 Å². The maximum absolute atomic E-state index is 10.5. The van der Waals surface area contributed by atoms with Gasteiger partial charge in [-0.1, -0.05) is 68.6 Å². The Kier molecular flexibility index (Phi) is 29.4. The van der Waals surface area contributed by atoms with Crippen LogP contribution in [0.15, 0.2) is 28.5 Å². The SMILES string of the molecule is CC.CC.CN1CCCC1.CNNC(C)=O.NC(=O)Cc1ccc(Cl)cc1Cl.NSc1sc(Cl)cc1C=O. The number of carbonyl (C=O) groups is 3. The Bertz CT molecular complexity index is 912. The number of hydrazine groups is 1. The lowest BCUT2D eigenvalue weighted by molar-refractivity contribution is -0.120. The minimum absolute atomic E-state index is 0.0718. The number of nitrogens with one attached hydrogen (secondary N) is 2. The second kappa shape index (κ2) is 27.2. The van der Waals surface area contributed by atoms with Crippen LogP contribution in [0.4, 0.5) is 0 Å². The van der Waals surface area contributed by atoms with Crippen molar-refractivity contribution in [3.63, 3.8) is 0 Å². The first-order valence-corrected chi connectivity index (χ1v) is 14.8. The molecule has 218 valence electrons. The van der Waals surface area contributed by atoms with Crippen molar-refractivity contribution >= 4 is 76.2 Å². The first kappa shape index (κ1) is 41.1. The summed E-state index contributed by atoms with van der Waals surface area (Å²) in [7, 11) is 3.81. The average molecular weight is 631 g/mol. The summed E-state index contributed by atoms with van der Waals surface area (Å²) in [5.41, 5.74) is 11.1. The van der Waals surface area contributed by atoms with Crippen molar-refractivity contribution in [3.8, 4) is 0 Å². The van der Waals surface area contributed by atoms with Gasteiger partial charge in [0.05, 0.1) is 15.0 Å². The fourth-order valence-electron chi connectivity index (χ4n) is 2.44. The zero-order valence-corrected chi connectivity index (χ0v) is 27.1. The first-order valence-electron chi connectivity index (χ1n) is 12.0. The second-order valence-electron chi connectivity index (χ2n) is 6.85. The van der Waals surface area contributed by atoms with E-state index in [2.05, 4.69) is 22.8 Å². The molecule has 38 heavy (non-hydrogen) atoms. The number of nitrogens with two attached hydrogens (primary N) is 2. The Hall–Kier alpha value is -1.37. The highest BCUT2D eigenvalue weighted by molar-refractivity contribution is 7.99. The van der Waals surface area contributed by atoms with E-state index in [1.165, 1.54) is 44.2 Å². The van der Waals surface area contributed by atoms with E-state index >= 15 is 0 Å². The van der Waals surface area contributed by atoms with Crippen molar-refractivity contribution in [1.29, 1.82) is 0 Å². The third kappa shape index (κ3) is 22.6. The van der Waals surface area contributed by atoms with Gasteiger partial charge in [-0.05, 0) is 68.7 Å². The molecule has 2 aromatic rings. The molecule has 3 rings (SSSR count). The molecule has 0 saturated carbocycles. The second-order valence-corrected chi connectivity index (χ2v) is 10.3. The fourth-order valence-corrected chi connectivity index (χ4v) is 4.69. The molecule has 0 aliphatic carbocycles. The highest BCUT2D eigenvalue weighted by Crippen LogP contribution is 2.31. The monoisotopic (exact) mass is 629 g/mol. The number of hydrogen-bond acceptors (Lipinski definition) is 8. The number of carbonyl (C=O) groups excluding carboxylic acids is 3. The molecule has 0 atom stereocenters. The van der Waals surface area contributed by atoms with Crippen LogP contribution in [0.1, 0.15) is 63.4 Å². The van der Waals surface area contributed by atoms with Gasteiger partial charge in [0.1, 0.15) is 0 Å². The van der Waals surface area contributed by atoms with Gasteiger partial charge in [0.15, 0.2) is 6.29 Å². The molecule has 1 aromatic carbocycles. The summed E-state index contributed by atoms with van der Waals surface area (Å²) < 4.78 is 1.36. The van der Waals surface area contributed by atoms with E-state index in [9.17, 15) is 14.4 Å². The van der Waals surface area contributed by atoms with Gasteiger partial charge in [0.2, 0.25) is 11.8 Å². The highest BCUT2D eigenvalue weighted by Gasteiger charge is 2.05. The van der Waals surface area contributed by atoms with Crippen LogP contribution < -0.4 is 21.7 Å². The van der Waals surface area contributed by atoms with E-state index in [0.717, 1.165) is 22.4 Å². The van der Waals surface area contributed by atoms with Crippen LogP contribution in [0, 0.1) is 0 Å². The molecule has 2 amide bonds. The summed E-state index contributed by atoms with van der Waals surface area (Å²) in [5, 5.41) is 6.27.